The Kier molecular flexibility index (Phi) is 3.64. The molecule has 1 atom stereocenters. The molecule has 0 radical (unpaired) electrons. The first-order valence-electron chi connectivity index (χ1n) is 4.12. The second-order valence-corrected chi connectivity index (χ2v) is 4.31. The molecule has 0 aromatic heterocycles. The van der Waals surface area contributed by atoms with E-state index in [1.807, 2.05) is 0 Å². The number of hydrogen-bond acceptors (Lipinski definition) is 3. The van der Waals surface area contributed by atoms with Gasteiger partial charge in [-0.2, -0.15) is 0 Å². The second-order valence-electron chi connectivity index (χ2n) is 3.30. The fraction of sp³-hybridized carbons (Fsp3) is 1.00. The van der Waals surface area contributed by atoms with Crippen molar-refractivity contribution in [2.45, 2.75) is 18.9 Å². The summed E-state index contributed by atoms with van der Waals surface area (Å²) < 4.78 is 22.6. The molecule has 1 rings (SSSR count). The minimum absolute atomic E-state index is 0.208. The van der Waals surface area contributed by atoms with E-state index in [9.17, 15) is 8.76 Å². The van der Waals surface area contributed by atoms with Crippen LogP contribution in [0.1, 0.15) is 12.8 Å². The molecule has 0 bridgehead atoms. The molecule has 1 heterocycles. The molecule has 0 aromatic rings. The summed E-state index contributed by atoms with van der Waals surface area (Å²) in [5.74, 6) is 0. The van der Waals surface area contributed by atoms with Crippen molar-refractivity contribution in [3.8, 4) is 0 Å². The number of rotatable bonds is 2. The Morgan fingerprint density at radius 2 is 2.00 bits per heavy atom. The van der Waals surface area contributed by atoms with Gasteiger partial charge >= 0.3 is 0 Å². The Labute approximate surface area is 76.0 Å². The van der Waals surface area contributed by atoms with E-state index in [-0.39, 0.29) is 6.04 Å². The zero-order valence-electron chi connectivity index (χ0n) is 7.52. The lowest BCUT2D eigenvalue weighted by atomic mass is 10.1. The average Bonchev–Trinajstić information content (AvgIpc) is 2.04. The Morgan fingerprint density at radius 1 is 1.50 bits per heavy atom. The molecule has 1 unspecified atom stereocenters. The minimum atomic E-state index is -2.05. The van der Waals surface area contributed by atoms with Gasteiger partial charge in [-0.1, -0.05) is 0 Å². The van der Waals surface area contributed by atoms with Crippen LogP contribution in [0.15, 0.2) is 0 Å². The number of hydrogen-bond donors (Lipinski definition) is 0. The number of likely N-dealkylation sites (tertiary alicyclic amines) is 1. The molecule has 0 spiro atoms. The third-order valence-electron chi connectivity index (χ3n) is 2.44. The normalized spacial score (nSPS) is 24.7. The van der Waals surface area contributed by atoms with Gasteiger partial charge in [0.2, 0.25) is 0 Å². The van der Waals surface area contributed by atoms with Gasteiger partial charge in [0, 0.05) is 17.3 Å². The molecule has 0 N–H and O–H groups in total. The molecule has 0 aromatic carbocycles. The van der Waals surface area contributed by atoms with Gasteiger partial charge in [0.05, 0.1) is 0 Å². The van der Waals surface area contributed by atoms with Crippen LogP contribution in [0.5, 0.6) is 0 Å². The third kappa shape index (κ3) is 2.52. The highest BCUT2D eigenvalue weighted by atomic mass is 32.2. The van der Waals surface area contributed by atoms with Crippen LogP contribution in [0, 0.1) is 0 Å². The van der Waals surface area contributed by atoms with Gasteiger partial charge in [-0.15, -0.1) is 0 Å². The van der Waals surface area contributed by atoms with Gasteiger partial charge < -0.3 is 9.45 Å². The maximum Gasteiger partial charge on any atom is 0.0236 e. The molecule has 1 aliphatic rings. The van der Waals surface area contributed by atoms with E-state index in [1.54, 1.807) is 7.05 Å². The Bertz CT molecular complexity index is 169. The van der Waals surface area contributed by atoms with Crippen LogP contribution in [0.3, 0.4) is 0 Å². The molecule has 72 valence electrons. The highest BCUT2D eigenvalue weighted by Gasteiger charge is 2.20. The molecule has 12 heavy (non-hydrogen) atoms. The summed E-state index contributed by atoms with van der Waals surface area (Å²) in [7, 11) is 3.70. The summed E-state index contributed by atoms with van der Waals surface area (Å²) in [5, 5.41) is 0. The van der Waals surface area contributed by atoms with Crippen molar-refractivity contribution in [2.75, 3.05) is 27.2 Å². The molecule has 5 heteroatoms. The topological polar surface area (TPSA) is 46.6 Å². The van der Waals surface area contributed by atoms with E-state index in [2.05, 4.69) is 11.9 Å². The van der Waals surface area contributed by atoms with Crippen LogP contribution in [0.4, 0.5) is 0 Å². The fourth-order valence-corrected chi connectivity index (χ4v) is 1.93. The predicted molar refractivity (Wildman–Crippen MR) is 47.2 cm³/mol. The van der Waals surface area contributed by atoms with E-state index in [0.29, 0.717) is 0 Å². The standard InChI is InChI=1S/C7H16N2O2S/c1-8-5-3-7(4-6-8)9(2)12(10)11/h7H,3-6H2,1-2H3,(H,10,11)/p-1. The fourth-order valence-electron chi connectivity index (χ4n) is 1.48. The first-order chi connectivity index (χ1) is 5.61. The maximum absolute atomic E-state index is 10.6. The molecule has 0 aliphatic carbocycles. The lowest BCUT2D eigenvalue weighted by Crippen LogP contribution is -2.42. The molecule has 1 aliphatic heterocycles. The Morgan fingerprint density at radius 3 is 2.42 bits per heavy atom. The van der Waals surface area contributed by atoms with E-state index in [0.717, 1.165) is 25.9 Å². The molecular weight excluding hydrogens is 176 g/mol. The van der Waals surface area contributed by atoms with Crippen LogP contribution >= 0.6 is 0 Å². The van der Waals surface area contributed by atoms with Crippen LogP contribution in [0.25, 0.3) is 0 Å². The summed E-state index contributed by atoms with van der Waals surface area (Å²) >= 11 is -2.05. The quantitative estimate of drug-likeness (QED) is 0.568. The minimum Gasteiger partial charge on any atom is -0.760 e. The van der Waals surface area contributed by atoms with E-state index in [1.165, 1.54) is 4.31 Å². The first kappa shape index (κ1) is 10.1. The second kappa shape index (κ2) is 4.32. The molecule has 1 fully saturated rings. The SMILES string of the molecule is CN1CCC(N(C)S(=O)[O-])CC1. The summed E-state index contributed by atoms with van der Waals surface area (Å²) in [6.07, 6.45) is 1.89. The van der Waals surface area contributed by atoms with Crippen LogP contribution in [-0.2, 0) is 11.3 Å². The highest BCUT2D eigenvalue weighted by Crippen LogP contribution is 2.14. The molecule has 4 nitrogen and oxygen atoms in total. The van der Waals surface area contributed by atoms with Gasteiger partial charge in [-0.3, -0.25) is 4.21 Å². The van der Waals surface area contributed by atoms with Gasteiger partial charge in [0.15, 0.2) is 0 Å². The van der Waals surface area contributed by atoms with Crippen molar-refractivity contribution in [1.82, 2.24) is 9.21 Å². The van der Waals surface area contributed by atoms with E-state index < -0.39 is 11.3 Å². The lowest BCUT2D eigenvalue weighted by Gasteiger charge is -2.35. The maximum atomic E-state index is 10.6. The number of nitrogens with zero attached hydrogens (tertiary/aromatic N) is 2. The van der Waals surface area contributed by atoms with Gasteiger partial charge in [0.25, 0.3) is 0 Å². The van der Waals surface area contributed by atoms with Crippen molar-refractivity contribution >= 4 is 11.3 Å². The van der Waals surface area contributed by atoms with E-state index in [4.69, 9.17) is 0 Å². The van der Waals surface area contributed by atoms with Gasteiger partial charge in [-0.25, -0.2) is 4.31 Å². The van der Waals surface area contributed by atoms with Crippen molar-refractivity contribution < 1.29 is 8.76 Å². The van der Waals surface area contributed by atoms with Crippen LogP contribution in [0.2, 0.25) is 0 Å². The zero-order valence-corrected chi connectivity index (χ0v) is 8.34. The van der Waals surface area contributed by atoms with Crippen molar-refractivity contribution in [2.24, 2.45) is 0 Å². The summed E-state index contributed by atoms with van der Waals surface area (Å²) in [6, 6.07) is 0.208. The number of piperidine rings is 1. The summed E-state index contributed by atoms with van der Waals surface area (Å²) in [4.78, 5) is 2.22. The zero-order chi connectivity index (χ0) is 9.14. The average molecular weight is 191 g/mol. The van der Waals surface area contributed by atoms with E-state index >= 15 is 0 Å². The highest BCUT2D eigenvalue weighted by molar-refractivity contribution is 7.76. The van der Waals surface area contributed by atoms with Crippen LogP contribution < -0.4 is 0 Å². The Balaban J connectivity index is 2.39. The van der Waals surface area contributed by atoms with Gasteiger partial charge in [-0.05, 0) is 40.0 Å². The summed E-state index contributed by atoms with van der Waals surface area (Å²) in [5.41, 5.74) is 0. The largest absolute Gasteiger partial charge is 0.760 e. The smallest absolute Gasteiger partial charge is 0.0236 e. The first-order valence-corrected chi connectivity index (χ1v) is 5.15. The molecule has 0 saturated carbocycles. The van der Waals surface area contributed by atoms with Crippen molar-refractivity contribution in [1.29, 1.82) is 0 Å². The molecule has 0 amide bonds. The molecular formula is C7H15N2O2S-. The van der Waals surface area contributed by atoms with Crippen molar-refractivity contribution in [3.05, 3.63) is 0 Å². The third-order valence-corrected chi connectivity index (χ3v) is 3.21. The molecule has 1 saturated heterocycles. The Hall–Kier alpha value is 0.0300. The predicted octanol–water partition coefficient (Wildman–Crippen LogP) is -0.194. The summed E-state index contributed by atoms with van der Waals surface area (Å²) in [6.45, 7) is 1.98. The van der Waals surface area contributed by atoms with Crippen LogP contribution in [-0.4, -0.2) is 51.2 Å². The van der Waals surface area contributed by atoms with Crippen molar-refractivity contribution in [3.63, 3.8) is 0 Å². The van der Waals surface area contributed by atoms with Gasteiger partial charge in [0.1, 0.15) is 0 Å². The lowest BCUT2D eigenvalue weighted by molar-refractivity contribution is 0.195. The monoisotopic (exact) mass is 191 g/mol.